The highest BCUT2D eigenvalue weighted by molar-refractivity contribution is 7.99. The first kappa shape index (κ1) is 18.6. The van der Waals surface area contributed by atoms with E-state index in [-0.39, 0.29) is 5.92 Å². The minimum atomic E-state index is -0.588. The first-order valence-corrected chi connectivity index (χ1v) is 10.9. The summed E-state index contributed by atoms with van der Waals surface area (Å²) in [6.45, 7) is 0. The van der Waals surface area contributed by atoms with Gasteiger partial charge >= 0.3 is 0 Å². The number of imide groups is 1. The molecule has 2 heterocycles. The number of anilines is 1. The van der Waals surface area contributed by atoms with Gasteiger partial charge in [0.2, 0.25) is 0 Å². The van der Waals surface area contributed by atoms with Gasteiger partial charge in [0.25, 0.3) is 11.8 Å². The normalized spacial score (nSPS) is 19.9. The Kier molecular flexibility index (Phi) is 3.89. The number of carbonyl (C=O) groups excluding carboxylic acids is 2. The molecule has 2 atom stereocenters. The largest absolute Gasteiger partial charge is 0.268 e. The monoisotopic (exact) mass is 431 g/mol. The standard InChI is InChI=1S/C26H13N3O2S/c27-12-14-10-18-22-19(26(31)29(25(18)30)16-6-2-1-3-7-16)11-15(13-28)24-23(22)21(14)17-8-4-5-9-20(17)32-24/h1-11,14,21H. The van der Waals surface area contributed by atoms with Crippen LogP contribution >= 0.6 is 11.8 Å². The molecule has 1 aliphatic carbocycles. The number of hydrogen-bond donors (Lipinski definition) is 0. The molecule has 0 spiro atoms. The third kappa shape index (κ3) is 2.33. The first-order valence-electron chi connectivity index (χ1n) is 10.1. The van der Waals surface area contributed by atoms with Crippen LogP contribution in [0.15, 0.2) is 76.5 Å². The fraction of sp³-hybridized carbons (Fsp3) is 0.0769. The third-order valence-electron chi connectivity index (χ3n) is 6.22. The van der Waals surface area contributed by atoms with Gasteiger partial charge in [0.05, 0.1) is 28.8 Å². The zero-order valence-electron chi connectivity index (χ0n) is 16.6. The Bertz CT molecular complexity index is 1480. The topological polar surface area (TPSA) is 85.0 Å². The maximum atomic E-state index is 13.6. The van der Waals surface area contributed by atoms with E-state index in [9.17, 15) is 20.1 Å². The molecule has 3 aliphatic rings. The summed E-state index contributed by atoms with van der Waals surface area (Å²) in [5.74, 6) is -1.81. The Hall–Kier alpha value is -4.13. The number of nitriles is 2. The molecule has 6 heteroatoms. The zero-order valence-corrected chi connectivity index (χ0v) is 17.4. The second-order valence-corrected chi connectivity index (χ2v) is 8.89. The summed E-state index contributed by atoms with van der Waals surface area (Å²) in [5, 5.41) is 20.0. The van der Waals surface area contributed by atoms with Crippen LogP contribution in [-0.4, -0.2) is 11.8 Å². The van der Waals surface area contributed by atoms with Gasteiger partial charge in [0, 0.05) is 26.8 Å². The third-order valence-corrected chi connectivity index (χ3v) is 7.45. The van der Waals surface area contributed by atoms with Gasteiger partial charge in [0.15, 0.2) is 0 Å². The Labute approximate surface area is 188 Å². The number of amides is 2. The molecular weight excluding hydrogens is 418 g/mol. The Morgan fingerprint density at radius 2 is 1.69 bits per heavy atom. The van der Waals surface area contributed by atoms with Crippen LogP contribution in [0.25, 0.3) is 5.57 Å². The average molecular weight is 431 g/mol. The lowest BCUT2D eigenvalue weighted by molar-refractivity contribution is -0.112. The van der Waals surface area contributed by atoms with Crippen molar-refractivity contribution in [1.82, 2.24) is 0 Å². The van der Waals surface area contributed by atoms with Gasteiger partial charge in [-0.2, -0.15) is 10.5 Å². The Balaban J connectivity index is 1.69. The van der Waals surface area contributed by atoms with Gasteiger partial charge in [-0.15, -0.1) is 0 Å². The van der Waals surface area contributed by atoms with Crippen molar-refractivity contribution in [2.45, 2.75) is 15.7 Å². The van der Waals surface area contributed by atoms with Crippen molar-refractivity contribution in [3.05, 3.63) is 94.6 Å². The van der Waals surface area contributed by atoms with Crippen LogP contribution in [-0.2, 0) is 4.79 Å². The van der Waals surface area contributed by atoms with Crippen molar-refractivity contribution in [3.63, 3.8) is 0 Å². The van der Waals surface area contributed by atoms with Gasteiger partial charge in [-0.05, 0) is 35.4 Å². The SMILES string of the molecule is N#Cc1cc2c3c4c1Sc1ccccc1C4C(C#N)C=C3C(=O)N(c1ccccc1)C2=O. The summed E-state index contributed by atoms with van der Waals surface area (Å²) in [6.07, 6.45) is 1.70. The number of benzene rings is 3. The molecule has 150 valence electrons. The molecule has 0 N–H and O–H groups in total. The number of allylic oxidation sites excluding steroid dienone is 1. The van der Waals surface area contributed by atoms with Crippen LogP contribution in [0.3, 0.4) is 0 Å². The molecular formula is C26H13N3O2S. The lowest BCUT2D eigenvalue weighted by Gasteiger charge is -2.39. The molecule has 5 nitrogen and oxygen atoms in total. The van der Waals surface area contributed by atoms with E-state index in [0.717, 1.165) is 25.8 Å². The van der Waals surface area contributed by atoms with Crippen LogP contribution < -0.4 is 4.90 Å². The number of para-hydroxylation sites is 1. The van der Waals surface area contributed by atoms with Crippen molar-refractivity contribution in [2.24, 2.45) is 5.92 Å². The van der Waals surface area contributed by atoms with Crippen LogP contribution in [0.1, 0.15) is 38.5 Å². The lowest BCUT2D eigenvalue weighted by Crippen LogP contribution is -2.44. The summed E-state index contributed by atoms with van der Waals surface area (Å²) in [6, 6.07) is 22.7. The maximum absolute atomic E-state index is 13.6. The molecule has 6 rings (SSSR count). The van der Waals surface area contributed by atoms with Gasteiger partial charge in [-0.1, -0.05) is 54.2 Å². The number of fused-ring (bicyclic) bond motifs is 2. The molecule has 0 aromatic heterocycles. The van der Waals surface area contributed by atoms with E-state index in [2.05, 4.69) is 12.1 Å². The number of nitrogens with zero attached hydrogens (tertiary/aromatic N) is 3. The summed E-state index contributed by atoms with van der Waals surface area (Å²) >= 11 is 1.46. The van der Waals surface area contributed by atoms with Crippen LogP contribution in [0.4, 0.5) is 5.69 Å². The van der Waals surface area contributed by atoms with E-state index in [1.54, 1.807) is 36.4 Å². The summed E-state index contributed by atoms with van der Waals surface area (Å²) in [5.41, 5.74) is 3.83. The zero-order chi connectivity index (χ0) is 22.0. The van der Waals surface area contributed by atoms with Crippen LogP contribution in [0.5, 0.6) is 0 Å². The molecule has 3 aromatic carbocycles. The van der Waals surface area contributed by atoms with E-state index in [1.807, 2.05) is 30.3 Å². The fourth-order valence-corrected chi connectivity index (χ4v) is 6.13. The number of rotatable bonds is 1. The summed E-state index contributed by atoms with van der Waals surface area (Å²) in [4.78, 5) is 30.0. The quantitative estimate of drug-likeness (QED) is 0.513. The van der Waals surface area contributed by atoms with E-state index in [0.29, 0.717) is 28.0 Å². The molecule has 0 fully saturated rings. The van der Waals surface area contributed by atoms with E-state index in [4.69, 9.17) is 0 Å². The van der Waals surface area contributed by atoms with Crippen molar-refractivity contribution in [1.29, 1.82) is 10.5 Å². The molecule has 0 radical (unpaired) electrons. The van der Waals surface area contributed by atoms with E-state index in [1.165, 1.54) is 11.8 Å². The number of carbonyl (C=O) groups is 2. The molecule has 0 saturated heterocycles. The van der Waals surface area contributed by atoms with Crippen molar-refractivity contribution < 1.29 is 9.59 Å². The van der Waals surface area contributed by atoms with Crippen LogP contribution in [0, 0.1) is 28.6 Å². The second-order valence-electron chi connectivity index (χ2n) is 7.84. The van der Waals surface area contributed by atoms with Gasteiger partial charge in [-0.3, -0.25) is 9.59 Å². The predicted octanol–water partition coefficient (Wildman–Crippen LogP) is 4.88. The fourth-order valence-electron chi connectivity index (χ4n) is 4.90. The Morgan fingerprint density at radius 3 is 2.44 bits per heavy atom. The highest BCUT2D eigenvalue weighted by Gasteiger charge is 2.46. The van der Waals surface area contributed by atoms with Crippen molar-refractivity contribution in [2.75, 3.05) is 4.90 Å². The Morgan fingerprint density at radius 1 is 0.938 bits per heavy atom. The minimum Gasteiger partial charge on any atom is -0.268 e. The van der Waals surface area contributed by atoms with Crippen molar-refractivity contribution >= 4 is 34.8 Å². The highest BCUT2D eigenvalue weighted by Crippen LogP contribution is 2.56. The second kappa shape index (κ2) is 6.68. The van der Waals surface area contributed by atoms with Crippen LogP contribution in [0.2, 0.25) is 0 Å². The average Bonchev–Trinajstić information content (AvgIpc) is 2.84. The van der Waals surface area contributed by atoms with E-state index >= 15 is 0 Å². The van der Waals surface area contributed by atoms with E-state index < -0.39 is 17.7 Å². The van der Waals surface area contributed by atoms with Gasteiger partial charge in [-0.25, -0.2) is 4.90 Å². The maximum Gasteiger partial charge on any atom is 0.266 e. The summed E-state index contributed by atoms with van der Waals surface area (Å²) < 4.78 is 0. The molecule has 0 bridgehead atoms. The summed E-state index contributed by atoms with van der Waals surface area (Å²) in [7, 11) is 0. The molecule has 3 aromatic rings. The van der Waals surface area contributed by atoms with Gasteiger partial charge in [0.1, 0.15) is 6.07 Å². The predicted molar refractivity (Wildman–Crippen MR) is 119 cm³/mol. The minimum absolute atomic E-state index is 0.330. The molecule has 32 heavy (non-hydrogen) atoms. The number of hydrogen-bond acceptors (Lipinski definition) is 5. The molecule has 0 saturated carbocycles. The molecule has 2 unspecified atom stereocenters. The lowest BCUT2D eigenvalue weighted by atomic mass is 9.70. The smallest absolute Gasteiger partial charge is 0.266 e. The van der Waals surface area contributed by atoms with Crippen molar-refractivity contribution in [3.8, 4) is 12.1 Å². The first-order chi connectivity index (χ1) is 15.6. The molecule has 2 amide bonds. The van der Waals surface area contributed by atoms with Gasteiger partial charge < -0.3 is 0 Å². The highest BCUT2D eigenvalue weighted by atomic mass is 32.2. The molecule has 2 aliphatic heterocycles.